The zero-order chi connectivity index (χ0) is 17.9. The van der Waals surface area contributed by atoms with Crippen LogP contribution >= 0.6 is 12.2 Å². The van der Waals surface area contributed by atoms with Gasteiger partial charge in [0.25, 0.3) is 5.91 Å². The van der Waals surface area contributed by atoms with Gasteiger partial charge >= 0.3 is 5.97 Å². The number of carbonyl (C=O) groups excluding carboxylic acids is 2. The molecule has 0 spiro atoms. The summed E-state index contributed by atoms with van der Waals surface area (Å²) in [6, 6.07) is 6.81. The molecule has 0 saturated carbocycles. The first-order valence-corrected chi connectivity index (χ1v) is 8.01. The fourth-order valence-electron chi connectivity index (χ4n) is 1.72. The molecule has 132 valence electrons. The van der Waals surface area contributed by atoms with E-state index in [0.717, 1.165) is 0 Å². The number of nitrogens with one attached hydrogen (secondary N) is 3. The van der Waals surface area contributed by atoms with E-state index >= 15 is 0 Å². The molecule has 0 aromatic heterocycles. The molecule has 3 N–H and O–H groups in total. The maximum Gasteiger partial charge on any atom is 0.305 e. The maximum absolute atomic E-state index is 12.0. The van der Waals surface area contributed by atoms with Crippen LogP contribution in [0.15, 0.2) is 24.3 Å². The van der Waals surface area contributed by atoms with Crippen molar-refractivity contribution in [2.75, 3.05) is 13.7 Å². The van der Waals surface area contributed by atoms with Crippen LogP contribution in [-0.4, -0.2) is 36.7 Å². The number of thiocarbonyl (C=S) groups is 1. The van der Waals surface area contributed by atoms with Crippen LogP contribution < -0.4 is 20.9 Å². The SMILES string of the molecule is COC(=O)CCCNC(=S)NNC(=O)c1ccc(OC(C)C)cc1. The molecule has 0 aliphatic carbocycles. The van der Waals surface area contributed by atoms with E-state index in [1.165, 1.54) is 7.11 Å². The topological polar surface area (TPSA) is 88.7 Å². The van der Waals surface area contributed by atoms with Crippen LogP contribution in [0.3, 0.4) is 0 Å². The Morgan fingerprint density at radius 2 is 1.83 bits per heavy atom. The highest BCUT2D eigenvalue weighted by atomic mass is 32.1. The first-order valence-electron chi connectivity index (χ1n) is 7.60. The average molecular weight is 353 g/mol. The molecular weight excluding hydrogens is 330 g/mol. The van der Waals surface area contributed by atoms with Crippen LogP contribution in [0.2, 0.25) is 0 Å². The minimum absolute atomic E-state index is 0.0778. The molecule has 1 rings (SSSR count). The fourth-order valence-corrected chi connectivity index (χ4v) is 1.88. The minimum atomic E-state index is -0.315. The largest absolute Gasteiger partial charge is 0.491 e. The van der Waals surface area contributed by atoms with Crippen molar-refractivity contribution in [3.63, 3.8) is 0 Å². The van der Waals surface area contributed by atoms with Gasteiger partial charge in [-0.2, -0.15) is 0 Å². The lowest BCUT2D eigenvalue weighted by Crippen LogP contribution is -2.47. The predicted molar refractivity (Wildman–Crippen MR) is 94.7 cm³/mol. The number of amides is 1. The lowest BCUT2D eigenvalue weighted by molar-refractivity contribution is -0.140. The number of rotatable bonds is 7. The Morgan fingerprint density at radius 1 is 1.17 bits per heavy atom. The second-order valence-corrected chi connectivity index (χ2v) is 5.61. The van der Waals surface area contributed by atoms with Gasteiger partial charge in [-0.3, -0.25) is 20.4 Å². The molecule has 0 saturated heterocycles. The standard InChI is InChI=1S/C16H23N3O4S/c1-11(2)23-13-8-6-12(7-9-13)15(21)18-19-16(24)17-10-4-5-14(20)22-3/h6-9,11H,4-5,10H2,1-3H3,(H,18,21)(H2,17,19,24). The average Bonchev–Trinajstić information content (AvgIpc) is 2.56. The molecular formula is C16H23N3O4S. The minimum Gasteiger partial charge on any atom is -0.491 e. The van der Waals surface area contributed by atoms with E-state index in [1.54, 1.807) is 24.3 Å². The Hall–Kier alpha value is -2.35. The van der Waals surface area contributed by atoms with Crippen LogP contribution in [0, 0.1) is 0 Å². The van der Waals surface area contributed by atoms with Crippen LogP contribution in [0.25, 0.3) is 0 Å². The van der Waals surface area contributed by atoms with Gasteiger partial charge in [0.15, 0.2) is 5.11 Å². The van der Waals surface area contributed by atoms with Crippen molar-refractivity contribution in [1.29, 1.82) is 0 Å². The number of hydrogen-bond donors (Lipinski definition) is 3. The van der Waals surface area contributed by atoms with Gasteiger partial charge in [0.2, 0.25) is 0 Å². The van der Waals surface area contributed by atoms with E-state index < -0.39 is 0 Å². The Morgan fingerprint density at radius 3 is 2.42 bits per heavy atom. The number of methoxy groups -OCH3 is 1. The summed E-state index contributed by atoms with van der Waals surface area (Å²) in [5, 5.41) is 3.15. The molecule has 0 bridgehead atoms. The molecule has 0 radical (unpaired) electrons. The van der Waals surface area contributed by atoms with Crippen molar-refractivity contribution in [1.82, 2.24) is 16.2 Å². The molecule has 24 heavy (non-hydrogen) atoms. The van der Waals surface area contributed by atoms with Crippen molar-refractivity contribution < 1.29 is 19.1 Å². The molecule has 7 nitrogen and oxygen atoms in total. The summed E-state index contributed by atoms with van der Waals surface area (Å²) < 4.78 is 10.0. The number of carbonyl (C=O) groups is 2. The molecule has 0 aliphatic heterocycles. The van der Waals surface area contributed by atoms with Gasteiger partial charge in [0.05, 0.1) is 13.2 Å². The van der Waals surface area contributed by atoms with Gasteiger partial charge in [-0.25, -0.2) is 0 Å². The maximum atomic E-state index is 12.0. The first-order chi connectivity index (χ1) is 11.4. The van der Waals surface area contributed by atoms with Crippen molar-refractivity contribution in [2.45, 2.75) is 32.8 Å². The lowest BCUT2D eigenvalue weighted by Gasteiger charge is -2.12. The van der Waals surface area contributed by atoms with Gasteiger partial charge in [-0.1, -0.05) is 0 Å². The molecule has 1 aromatic carbocycles. The summed E-state index contributed by atoms with van der Waals surface area (Å²) in [7, 11) is 1.35. The molecule has 1 aromatic rings. The Kier molecular flexibility index (Phi) is 8.56. The van der Waals surface area contributed by atoms with Gasteiger partial charge < -0.3 is 14.8 Å². The molecule has 0 unspecified atom stereocenters. The summed E-state index contributed by atoms with van der Waals surface area (Å²) in [5.41, 5.74) is 5.58. The van der Waals surface area contributed by atoms with E-state index in [-0.39, 0.29) is 23.1 Å². The Labute approximate surface area is 147 Å². The summed E-state index contributed by atoms with van der Waals surface area (Å²) >= 11 is 5.02. The third-order valence-corrected chi connectivity index (χ3v) is 3.10. The third-order valence-electron chi connectivity index (χ3n) is 2.85. The monoisotopic (exact) mass is 353 g/mol. The predicted octanol–water partition coefficient (Wildman–Crippen LogP) is 1.54. The second kappa shape index (κ2) is 10.4. The number of hydrazine groups is 1. The molecule has 8 heteroatoms. The summed E-state index contributed by atoms with van der Waals surface area (Å²) in [6.45, 7) is 4.37. The molecule has 0 aliphatic rings. The van der Waals surface area contributed by atoms with E-state index in [1.807, 2.05) is 13.8 Å². The van der Waals surface area contributed by atoms with Crippen molar-refractivity contribution in [3.8, 4) is 5.75 Å². The van der Waals surface area contributed by atoms with Crippen molar-refractivity contribution in [3.05, 3.63) is 29.8 Å². The van der Waals surface area contributed by atoms with E-state index in [9.17, 15) is 9.59 Å². The van der Waals surface area contributed by atoms with Crippen LogP contribution in [-0.2, 0) is 9.53 Å². The van der Waals surface area contributed by atoms with Crippen LogP contribution in [0.1, 0.15) is 37.0 Å². The first kappa shape index (κ1) is 19.7. The zero-order valence-electron chi connectivity index (χ0n) is 14.0. The van der Waals surface area contributed by atoms with Gasteiger partial charge in [-0.05, 0) is 56.8 Å². The Bertz CT molecular complexity index is 561. The van der Waals surface area contributed by atoms with Gasteiger partial charge in [-0.15, -0.1) is 0 Å². The van der Waals surface area contributed by atoms with Crippen molar-refractivity contribution >= 4 is 29.2 Å². The highest BCUT2D eigenvalue weighted by molar-refractivity contribution is 7.80. The highest BCUT2D eigenvalue weighted by Gasteiger charge is 2.07. The number of ether oxygens (including phenoxy) is 2. The van der Waals surface area contributed by atoms with Crippen molar-refractivity contribution in [2.24, 2.45) is 0 Å². The quantitative estimate of drug-likeness (QED) is 0.296. The van der Waals surface area contributed by atoms with Gasteiger partial charge in [0.1, 0.15) is 5.75 Å². The molecule has 1 amide bonds. The smallest absolute Gasteiger partial charge is 0.305 e. The highest BCUT2D eigenvalue weighted by Crippen LogP contribution is 2.13. The molecule has 0 fully saturated rings. The fraction of sp³-hybridized carbons (Fsp3) is 0.438. The summed E-state index contributed by atoms with van der Waals surface area (Å²) in [5.74, 6) is 0.121. The molecule has 0 atom stereocenters. The number of benzene rings is 1. The lowest BCUT2D eigenvalue weighted by atomic mass is 10.2. The molecule has 0 heterocycles. The number of esters is 1. The Balaban J connectivity index is 2.29. The zero-order valence-corrected chi connectivity index (χ0v) is 14.9. The second-order valence-electron chi connectivity index (χ2n) is 5.21. The number of hydrogen-bond acceptors (Lipinski definition) is 5. The van der Waals surface area contributed by atoms with Crippen LogP contribution in [0.4, 0.5) is 0 Å². The van der Waals surface area contributed by atoms with Crippen LogP contribution in [0.5, 0.6) is 5.75 Å². The van der Waals surface area contributed by atoms with E-state index in [2.05, 4.69) is 20.9 Å². The normalized spacial score (nSPS) is 10.0. The third kappa shape index (κ3) is 7.77. The van der Waals surface area contributed by atoms with E-state index in [0.29, 0.717) is 30.7 Å². The summed E-state index contributed by atoms with van der Waals surface area (Å²) in [4.78, 5) is 22.9. The van der Waals surface area contributed by atoms with Gasteiger partial charge in [0, 0.05) is 18.5 Å². The van der Waals surface area contributed by atoms with E-state index in [4.69, 9.17) is 17.0 Å². The summed E-state index contributed by atoms with van der Waals surface area (Å²) in [6.07, 6.45) is 0.970.